The van der Waals surface area contributed by atoms with Gasteiger partial charge in [-0.05, 0) is 30.2 Å². The van der Waals surface area contributed by atoms with Crippen molar-refractivity contribution >= 4 is 22.8 Å². The van der Waals surface area contributed by atoms with E-state index < -0.39 is 11.2 Å². The van der Waals surface area contributed by atoms with Gasteiger partial charge in [-0.2, -0.15) is 0 Å². The molecular formula is C21H23N5O4. The van der Waals surface area contributed by atoms with E-state index in [1.165, 1.54) is 21.7 Å². The van der Waals surface area contributed by atoms with Crippen molar-refractivity contribution in [3.63, 3.8) is 0 Å². The highest BCUT2D eigenvalue weighted by atomic mass is 16.2. The number of nitrogens with one attached hydrogen (secondary N) is 2. The monoisotopic (exact) mass is 409 g/mol. The van der Waals surface area contributed by atoms with Crippen LogP contribution in [0.3, 0.4) is 0 Å². The number of hydrogen-bond acceptors (Lipinski definition) is 5. The van der Waals surface area contributed by atoms with E-state index in [0.717, 1.165) is 5.56 Å². The normalized spacial score (nSPS) is 10.8. The number of hydrogen-bond donors (Lipinski definition) is 2. The van der Waals surface area contributed by atoms with Gasteiger partial charge < -0.3 is 10.2 Å². The molecule has 156 valence electrons. The van der Waals surface area contributed by atoms with E-state index in [9.17, 15) is 19.2 Å². The number of H-pyrrole nitrogens is 1. The molecule has 0 saturated carbocycles. The number of rotatable bonds is 6. The summed E-state index contributed by atoms with van der Waals surface area (Å²) in [5.74, 6) is -0.493. The third kappa shape index (κ3) is 4.14. The van der Waals surface area contributed by atoms with Crippen LogP contribution in [0.5, 0.6) is 0 Å². The maximum atomic E-state index is 12.8. The number of aromatic amines is 1. The molecule has 0 aliphatic rings. The molecule has 0 saturated heterocycles. The molecule has 2 aromatic heterocycles. The van der Waals surface area contributed by atoms with Crippen LogP contribution >= 0.6 is 0 Å². The van der Waals surface area contributed by atoms with Crippen molar-refractivity contribution in [2.24, 2.45) is 0 Å². The predicted molar refractivity (Wildman–Crippen MR) is 113 cm³/mol. The number of carbonyl (C=O) groups is 2. The fourth-order valence-electron chi connectivity index (χ4n) is 3.19. The van der Waals surface area contributed by atoms with E-state index in [-0.39, 0.29) is 28.4 Å². The summed E-state index contributed by atoms with van der Waals surface area (Å²) in [5, 5.41) is 2.75. The molecule has 0 fully saturated rings. The number of nitrogens with zero attached hydrogens (tertiary/aromatic N) is 3. The minimum Gasteiger partial charge on any atom is -0.355 e. The maximum absolute atomic E-state index is 12.8. The molecule has 0 bridgehead atoms. The van der Waals surface area contributed by atoms with Gasteiger partial charge in [-0.25, -0.2) is 9.78 Å². The first-order valence-electron chi connectivity index (χ1n) is 9.55. The van der Waals surface area contributed by atoms with E-state index in [1.54, 1.807) is 38.4 Å². The Kier molecular flexibility index (Phi) is 6.10. The number of pyridine rings is 1. The molecular weight excluding hydrogens is 386 g/mol. The molecule has 9 heteroatoms. The van der Waals surface area contributed by atoms with E-state index >= 15 is 0 Å². The van der Waals surface area contributed by atoms with Gasteiger partial charge in [-0.3, -0.25) is 23.9 Å². The summed E-state index contributed by atoms with van der Waals surface area (Å²) >= 11 is 0. The smallest absolute Gasteiger partial charge is 0.329 e. The van der Waals surface area contributed by atoms with Gasteiger partial charge in [0.2, 0.25) is 0 Å². The first-order chi connectivity index (χ1) is 14.3. The van der Waals surface area contributed by atoms with Gasteiger partial charge in [0.15, 0.2) is 0 Å². The lowest BCUT2D eigenvalue weighted by Crippen LogP contribution is -2.31. The van der Waals surface area contributed by atoms with Crippen LogP contribution in [0, 0.1) is 0 Å². The molecule has 0 spiro atoms. The quantitative estimate of drug-likeness (QED) is 0.633. The molecule has 30 heavy (non-hydrogen) atoms. The maximum Gasteiger partial charge on any atom is 0.329 e. The number of fused-ring (bicyclic) bond motifs is 1. The molecule has 1 aromatic carbocycles. The molecule has 9 nitrogen and oxygen atoms in total. The van der Waals surface area contributed by atoms with Gasteiger partial charge in [0, 0.05) is 38.9 Å². The zero-order valence-electron chi connectivity index (χ0n) is 17.1. The Hall–Kier alpha value is -3.75. The van der Waals surface area contributed by atoms with Crippen molar-refractivity contribution in [2.75, 3.05) is 14.1 Å². The Morgan fingerprint density at radius 1 is 1.17 bits per heavy atom. The summed E-state index contributed by atoms with van der Waals surface area (Å²) < 4.78 is 1.39. The number of aromatic nitrogens is 3. The average Bonchev–Trinajstić information content (AvgIpc) is 2.75. The number of benzene rings is 1. The minimum absolute atomic E-state index is 0.181. The van der Waals surface area contributed by atoms with Crippen molar-refractivity contribution in [3.8, 4) is 0 Å². The van der Waals surface area contributed by atoms with E-state index in [4.69, 9.17) is 0 Å². The topological polar surface area (TPSA) is 117 Å². The summed E-state index contributed by atoms with van der Waals surface area (Å²) in [6.07, 6.45) is 2.08. The third-order valence-corrected chi connectivity index (χ3v) is 4.74. The van der Waals surface area contributed by atoms with E-state index in [0.29, 0.717) is 25.1 Å². The standard InChI is InChI=1S/C21H23N5O4/c1-4-9-26-17-16(19(28)24-21(26)30)10-15(11-23-17)20(29)25(3)12-13-5-7-14(8-6-13)18(27)22-2/h5-8,10-11H,4,9,12H2,1-3H3,(H,22,27)(H,24,28,30). The molecule has 0 atom stereocenters. The van der Waals surface area contributed by atoms with Crippen molar-refractivity contribution in [1.29, 1.82) is 0 Å². The zero-order chi connectivity index (χ0) is 21.8. The van der Waals surface area contributed by atoms with Gasteiger partial charge >= 0.3 is 5.69 Å². The first-order valence-corrected chi connectivity index (χ1v) is 9.55. The van der Waals surface area contributed by atoms with Gasteiger partial charge in [0.05, 0.1) is 10.9 Å². The SMILES string of the molecule is CCCn1c(=O)[nH]c(=O)c2cc(C(=O)N(C)Cc3ccc(C(=O)NC)cc3)cnc21. The molecule has 2 N–H and O–H groups in total. The number of aryl methyl sites for hydroxylation is 1. The van der Waals surface area contributed by atoms with Crippen molar-refractivity contribution in [1.82, 2.24) is 24.8 Å². The Bertz CT molecular complexity index is 1210. The van der Waals surface area contributed by atoms with Crippen molar-refractivity contribution in [2.45, 2.75) is 26.4 Å². The fraction of sp³-hybridized carbons (Fsp3) is 0.286. The van der Waals surface area contributed by atoms with Gasteiger partial charge in [0.1, 0.15) is 5.65 Å². The fourth-order valence-corrected chi connectivity index (χ4v) is 3.19. The predicted octanol–water partition coefficient (Wildman–Crippen LogP) is 1.13. The molecule has 0 aliphatic heterocycles. The summed E-state index contributed by atoms with van der Waals surface area (Å²) in [6.45, 7) is 2.65. The Morgan fingerprint density at radius 2 is 1.87 bits per heavy atom. The van der Waals surface area contributed by atoms with Crippen LogP contribution in [-0.2, 0) is 13.1 Å². The minimum atomic E-state index is -0.572. The van der Waals surface area contributed by atoms with Gasteiger partial charge in [-0.1, -0.05) is 19.1 Å². The van der Waals surface area contributed by atoms with Crippen LogP contribution in [0.1, 0.15) is 39.6 Å². The van der Waals surface area contributed by atoms with Gasteiger partial charge in [-0.15, -0.1) is 0 Å². The zero-order valence-corrected chi connectivity index (χ0v) is 17.1. The molecule has 0 aliphatic carbocycles. The largest absolute Gasteiger partial charge is 0.355 e. The number of amides is 2. The molecule has 2 amide bonds. The van der Waals surface area contributed by atoms with E-state index in [2.05, 4.69) is 15.3 Å². The van der Waals surface area contributed by atoms with Gasteiger partial charge in [0.25, 0.3) is 17.4 Å². The lowest BCUT2D eigenvalue weighted by molar-refractivity contribution is 0.0784. The Labute approximate surface area is 172 Å². The average molecular weight is 409 g/mol. The highest BCUT2D eigenvalue weighted by Gasteiger charge is 2.16. The Morgan fingerprint density at radius 3 is 2.50 bits per heavy atom. The highest BCUT2D eigenvalue weighted by Crippen LogP contribution is 2.13. The van der Waals surface area contributed by atoms with Crippen molar-refractivity contribution in [3.05, 3.63) is 74.1 Å². The lowest BCUT2D eigenvalue weighted by atomic mass is 10.1. The molecule has 2 heterocycles. The summed E-state index contributed by atoms with van der Waals surface area (Å²) in [4.78, 5) is 56.7. The van der Waals surface area contributed by atoms with Crippen LogP contribution in [0.25, 0.3) is 11.0 Å². The number of carbonyl (C=O) groups excluding carboxylic acids is 2. The molecule has 0 unspecified atom stereocenters. The summed E-state index contributed by atoms with van der Waals surface area (Å²) in [5.41, 5.74) is 0.803. The van der Waals surface area contributed by atoms with Crippen molar-refractivity contribution < 1.29 is 9.59 Å². The molecule has 0 radical (unpaired) electrons. The van der Waals surface area contributed by atoms with Crippen LogP contribution in [0.15, 0.2) is 46.1 Å². The first kappa shape index (κ1) is 21.0. The summed E-state index contributed by atoms with van der Waals surface area (Å²) in [6, 6.07) is 8.40. The van der Waals surface area contributed by atoms with Crippen LogP contribution in [0.4, 0.5) is 0 Å². The second-order valence-electron chi connectivity index (χ2n) is 6.94. The van der Waals surface area contributed by atoms with Crippen LogP contribution in [-0.4, -0.2) is 45.3 Å². The Balaban J connectivity index is 1.86. The molecule has 3 aromatic rings. The second kappa shape index (κ2) is 8.73. The van der Waals surface area contributed by atoms with Crippen LogP contribution in [0.2, 0.25) is 0 Å². The lowest BCUT2D eigenvalue weighted by Gasteiger charge is -2.18. The second-order valence-corrected chi connectivity index (χ2v) is 6.94. The third-order valence-electron chi connectivity index (χ3n) is 4.74. The summed E-state index contributed by atoms with van der Waals surface area (Å²) in [7, 11) is 3.20. The van der Waals surface area contributed by atoms with E-state index in [1.807, 2.05) is 6.92 Å². The highest BCUT2D eigenvalue weighted by molar-refractivity contribution is 5.96. The molecule has 3 rings (SSSR count). The van der Waals surface area contributed by atoms with Crippen LogP contribution < -0.4 is 16.6 Å².